The first-order chi connectivity index (χ1) is 14.9. The summed E-state index contributed by atoms with van der Waals surface area (Å²) in [6.07, 6.45) is 3.18. The highest BCUT2D eigenvalue weighted by atomic mass is 16.2. The van der Waals surface area contributed by atoms with Crippen LogP contribution in [0.2, 0.25) is 0 Å². The maximum absolute atomic E-state index is 12.6. The number of aryl methyl sites for hydroxylation is 2. The van der Waals surface area contributed by atoms with E-state index in [0.29, 0.717) is 29.1 Å². The standard InChI is InChI=1S/C21H21N7O3/c1-13-22-8-7-16(25-13)14-5-4-6-15(11-14)19(29)23-9-10-28-12-24-18-17(28)20(30)27(3)21(31)26(18)2/h4-8,11-12H,9-10H2,1-3H3,(H,23,29). The molecular weight excluding hydrogens is 398 g/mol. The van der Waals surface area contributed by atoms with Crippen molar-refractivity contribution >= 4 is 17.1 Å². The number of imidazole rings is 1. The van der Waals surface area contributed by atoms with Gasteiger partial charge < -0.3 is 9.88 Å². The molecule has 0 aliphatic carbocycles. The third-order valence-electron chi connectivity index (χ3n) is 5.05. The van der Waals surface area contributed by atoms with Crippen molar-refractivity contribution in [1.82, 2.24) is 34.0 Å². The normalized spacial score (nSPS) is 11.1. The third-order valence-corrected chi connectivity index (χ3v) is 5.05. The van der Waals surface area contributed by atoms with Crippen molar-refractivity contribution in [3.8, 4) is 11.3 Å². The zero-order valence-electron chi connectivity index (χ0n) is 17.4. The van der Waals surface area contributed by atoms with E-state index in [1.807, 2.05) is 13.0 Å². The van der Waals surface area contributed by atoms with Gasteiger partial charge in [0, 0.05) is 44.5 Å². The Balaban J connectivity index is 1.50. The molecule has 31 heavy (non-hydrogen) atoms. The minimum atomic E-state index is -0.435. The van der Waals surface area contributed by atoms with Gasteiger partial charge in [-0.3, -0.25) is 18.7 Å². The first-order valence-electron chi connectivity index (χ1n) is 9.66. The lowest BCUT2D eigenvalue weighted by Crippen LogP contribution is -2.38. The van der Waals surface area contributed by atoms with Crippen LogP contribution in [0.15, 0.2) is 52.4 Å². The van der Waals surface area contributed by atoms with Crippen molar-refractivity contribution in [2.24, 2.45) is 14.1 Å². The van der Waals surface area contributed by atoms with Gasteiger partial charge in [0.2, 0.25) is 0 Å². The minimum Gasteiger partial charge on any atom is -0.350 e. The highest BCUT2D eigenvalue weighted by Gasteiger charge is 2.14. The largest absolute Gasteiger partial charge is 0.350 e. The van der Waals surface area contributed by atoms with Gasteiger partial charge in [-0.2, -0.15) is 0 Å². The van der Waals surface area contributed by atoms with Gasteiger partial charge in [-0.05, 0) is 25.1 Å². The van der Waals surface area contributed by atoms with Crippen molar-refractivity contribution in [2.75, 3.05) is 6.54 Å². The number of hydrogen-bond donors (Lipinski definition) is 1. The lowest BCUT2D eigenvalue weighted by molar-refractivity contribution is 0.0952. The molecule has 0 unspecified atom stereocenters. The van der Waals surface area contributed by atoms with E-state index in [1.165, 1.54) is 17.9 Å². The molecule has 0 saturated heterocycles. The lowest BCUT2D eigenvalue weighted by atomic mass is 10.1. The highest BCUT2D eigenvalue weighted by Crippen LogP contribution is 2.18. The summed E-state index contributed by atoms with van der Waals surface area (Å²) in [6, 6.07) is 8.98. The van der Waals surface area contributed by atoms with Gasteiger partial charge in [-0.1, -0.05) is 12.1 Å². The fourth-order valence-electron chi connectivity index (χ4n) is 3.40. The molecule has 1 aromatic carbocycles. The van der Waals surface area contributed by atoms with Gasteiger partial charge in [-0.25, -0.2) is 19.7 Å². The second-order valence-electron chi connectivity index (χ2n) is 7.14. The maximum atomic E-state index is 12.6. The fraction of sp³-hybridized carbons (Fsp3) is 0.238. The molecule has 0 aliphatic heterocycles. The smallest absolute Gasteiger partial charge is 0.332 e. The molecule has 158 valence electrons. The number of benzene rings is 1. The fourth-order valence-corrected chi connectivity index (χ4v) is 3.40. The van der Waals surface area contributed by atoms with Crippen LogP contribution in [-0.4, -0.2) is 41.1 Å². The zero-order valence-corrected chi connectivity index (χ0v) is 17.4. The first-order valence-corrected chi connectivity index (χ1v) is 9.66. The maximum Gasteiger partial charge on any atom is 0.332 e. The first kappa shape index (κ1) is 20.2. The number of nitrogens with zero attached hydrogens (tertiary/aromatic N) is 6. The van der Waals surface area contributed by atoms with E-state index in [1.54, 1.807) is 42.1 Å². The van der Waals surface area contributed by atoms with E-state index in [-0.39, 0.29) is 12.5 Å². The number of nitrogens with one attached hydrogen (secondary N) is 1. The number of hydrogen-bond acceptors (Lipinski definition) is 6. The minimum absolute atomic E-state index is 0.239. The van der Waals surface area contributed by atoms with E-state index >= 15 is 0 Å². The highest BCUT2D eigenvalue weighted by molar-refractivity contribution is 5.95. The molecule has 4 rings (SSSR count). The summed E-state index contributed by atoms with van der Waals surface area (Å²) in [5.74, 6) is 0.418. The van der Waals surface area contributed by atoms with Crippen LogP contribution < -0.4 is 16.6 Å². The number of aromatic nitrogens is 6. The number of carbonyl (C=O) groups excluding carboxylic acids is 1. The third kappa shape index (κ3) is 3.75. The second-order valence-corrected chi connectivity index (χ2v) is 7.14. The van der Waals surface area contributed by atoms with Crippen LogP contribution in [0.3, 0.4) is 0 Å². The summed E-state index contributed by atoms with van der Waals surface area (Å²) in [7, 11) is 2.99. The van der Waals surface area contributed by atoms with Crippen molar-refractivity contribution in [2.45, 2.75) is 13.5 Å². The van der Waals surface area contributed by atoms with Crippen molar-refractivity contribution < 1.29 is 4.79 Å². The molecule has 3 aromatic heterocycles. The van der Waals surface area contributed by atoms with Crippen molar-refractivity contribution in [3.05, 3.63) is 75.1 Å². The summed E-state index contributed by atoms with van der Waals surface area (Å²) in [6.45, 7) is 2.43. The Bertz CT molecular complexity index is 1410. The van der Waals surface area contributed by atoms with Crippen LogP contribution in [-0.2, 0) is 20.6 Å². The Hall–Kier alpha value is -4.08. The Labute approximate surface area is 176 Å². The molecule has 0 saturated carbocycles. The summed E-state index contributed by atoms with van der Waals surface area (Å²) < 4.78 is 4.00. The molecule has 3 heterocycles. The SMILES string of the molecule is Cc1nccc(-c2cccc(C(=O)NCCn3cnc4c3c(=O)n(C)c(=O)n4C)c2)n1. The number of rotatable bonds is 5. The van der Waals surface area contributed by atoms with E-state index in [0.717, 1.165) is 15.8 Å². The van der Waals surface area contributed by atoms with Gasteiger partial charge in [0.15, 0.2) is 11.2 Å². The summed E-state index contributed by atoms with van der Waals surface area (Å²) in [5.41, 5.74) is 1.84. The van der Waals surface area contributed by atoms with Gasteiger partial charge in [0.1, 0.15) is 5.82 Å². The summed E-state index contributed by atoms with van der Waals surface area (Å²) in [5, 5.41) is 2.85. The molecule has 1 N–H and O–H groups in total. The van der Waals surface area contributed by atoms with Crippen LogP contribution in [0.5, 0.6) is 0 Å². The number of fused-ring (bicyclic) bond motifs is 1. The van der Waals surface area contributed by atoms with Gasteiger partial charge >= 0.3 is 5.69 Å². The predicted molar refractivity (Wildman–Crippen MR) is 115 cm³/mol. The van der Waals surface area contributed by atoms with E-state index in [2.05, 4.69) is 20.3 Å². The van der Waals surface area contributed by atoms with Gasteiger partial charge in [0.25, 0.3) is 11.5 Å². The zero-order chi connectivity index (χ0) is 22.1. The monoisotopic (exact) mass is 419 g/mol. The summed E-state index contributed by atoms with van der Waals surface area (Å²) in [4.78, 5) is 49.8. The van der Waals surface area contributed by atoms with Crippen LogP contribution in [0.4, 0.5) is 0 Å². The molecule has 4 aromatic rings. The molecular formula is C21H21N7O3. The van der Waals surface area contributed by atoms with Crippen LogP contribution >= 0.6 is 0 Å². The average molecular weight is 419 g/mol. The molecule has 0 atom stereocenters. The molecule has 0 bridgehead atoms. The van der Waals surface area contributed by atoms with Crippen LogP contribution in [0.1, 0.15) is 16.2 Å². The second kappa shape index (κ2) is 7.98. The van der Waals surface area contributed by atoms with Crippen molar-refractivity contribution in [1.29, 1.82) is 0 Å². The Morgan fingerprint density at radius 3 is 2.68 bits per heavy atom. The molecule has 0 aliphatic rings. The molecule has 10 heteroatoms. The topological polar surface area (TPSA) is 117 Å². The molecule has 0 radical (unpaired) electrons. The number of amides is 1. The Kier molecular flexibility index (Phi) is 5.20. The lowest BCUT2D eigenvalue weighted by Gasteiger charge is -2.09. The number of carbonyl (C=O) groups is 1. The van der Waals surface area contributed by atoms with Crippen molar-refractivity contribution in [3.63, 3.8) is 0 Å². The van der Waals surface area contributed by atoms with Gasteiger partial charge in [0.05, 0.1) is 12.0 Å². The van der Waals surface area contributed by atoms with E-state index < -0.39 is 11.2 Å². The molecule has 0 fully saturated rings. The quantitative estimate of drug-likeness (QED) is 0.507. The molecule has 1 amide bonds. The van der Waals surface area contributed by atoms with Crippen LogP contribution in [0, 0.1) is 6.92 Å². The summed E-state index contributed by atoms with van der Waals surface area (Å²) >= 11 is 0. The van der Waals surface area contributed by atoms with E-state index in [4.69, 9.17) is 0 Å². The predicted octanol–water partition coefficient (Wildman–Crippen LogP) is 0.629. The van der Waals surface area contributed by atoms with Crippen LogP contribution in [0.25, 0.3) is 22.4 Å². The Morgan fingerprint density at radius 2 is 1.90 bits per heavy atom. The molecule has 0 spiro atoms. The van der Waals surface area contributed by atoms with E-state index in [9.17, 15) is 14.4 Å². The average Bonchev–Trinajstić information content (AvgIpc) is 3.20. The Morgan fingerprint density at radius 1 is 1.10 bits per heavy atom. The molecule has 10 nitrogen and oxygen atoms in total. The van der Waals surface area contributed by atoms with Gasteiger partial charge in [-0.15, -0.1) is 0 Å².